The van der Waals surface area contributed by atoms with Crippen LogP contribution in [0.15, 0.2) is 54.1 Å². The summed E-state index contributed by atoms with van der Waals surface area (Å²) in [5.74, 6) is -3.48. The quantitative estimate of drug-likeness (QED) is 0.115. The zero-order valence-corrected chi connectivity index (χ0v) is 28.7. The molecular weight excluding hydrogens is 646 g/mol. The van der Waals surface area contributed by atoms with Crippen molar-refractivity contribution in [2.24, 2.45) is 23.1 Å². The van der Waals surface area contributed by atoms with E-state index < -0.39 is 65.7 Å². The monoisotopic (exact) mass is 695 g/mol. The SMILES string of the molecule is CC(C)=C(N)C(Cc1ccccc1)NC(=O)C(Cc1cnc[nH]1)NC(=O)C(C)N(CC1CNCCC(C(N)=O)NC(=O)CNC(=O)C1)C(N)=O. The third-order valence-electron chi connectivity index (χ3n) is 8.39. The fraction of sp³-hybridized carbons (Fsp3) is 0.485. The first-order valence-electron chi connectivity index (χ1n) is 16.4. The van der Waals surface area contributed by atoms with Gasteiger partial charge in [-0.05, 0) is 51.6 Å². The average molecular weight is 696 g/mol. The summed E-state index contributed by atoms with van der Waals surface area (Å²) in [6, 6.07) is 4.86. The van der Waals surface area contributed by atoms with Crippen LogP contribution in [0.3, 0.4) is 0 Å². The molecule has 1 fully saturated rings. The lowest BCUT2D eigenvalue weighted by Crippen LogP contribution is -2.58. The number of nitrogens with two attached hydrogens (primary N) is 3. The van der Waals surface area contributed by atoms with Crippen molar-refractivity contribution >= 4 is 35.6 Å². The maximum atomic E-state index is 13.8. The lowest BCUT2D eigenvalue weighted by Gasteiger charge is -2.32. The van der Waals surface area contributed by atoms with E-state index in [9.17, 15) is 28.8 Å². The molecule has 12 N–H and O–H groups in total. The van der Waals surface area contributed by atoms with Crippen LogP contribution in [-0.2, 0) is 36.8 Å². The second-order valence-corrected chi connectivity index (χ2v) is 12.6. The molecule has 1 aliphatic rings. The Morgan fingerprint density at radius 1 is 0.980 bits per heavy atom. The van der Waals surface area contributed by atoms with E-state index in [0.717, 1.165) is 16.0 Å². The Morgan fingerprint density at radius 3 is 2.30 bits per heavy atom. The fourth-order valence-corrected chi connectivity index (χ4v) is 5.48. The van der Waals surface area contributed by atoms with Crippen LogP contribution in [0.2, 0.25) is 0 Å². The molecule has 0 saturated carbocycles. The van der Waals surface area contributed by atoms with E-state index in [4.69, 9.17) is 17.2 Å². The molecule has 50 heavy (non-hydrogen) atoms. The minimum Gasteiger partial charge on any atom is -0.400 e. The maximum Gasteiger partial charge on any atom is 0.315 e. The van der Waals surface area contributed by atoms with Crippen molar-refractivity contribution in [3.8, 4) is 0 Å². The molecule has 0 spiro atoms. The van der Waals surface area contributed by atoms with Gasteiger partial charge in [-0.15, -0.1) is 0 Å². The minimum absolute atomic E-state index is 0.0558. The average Bonchev–Trinajstić information content (AvgIpc) is 3.58. The number of nitrogens with one attached hydrogen (secondary N) is 6. The Labute approximate surface area is 290 Å². The Bertz CT molecular complexity index is 1510. The highest BCUT2D eigenvalue weighted by atomic mass is 16.2. The molecule has 5 atom stereocenters. The van der Waals surface area contributed by atoms with Gasteiger partial charge in [-0.1, -0.05) is 35.9 Å². The predicted octanol–water partition coefficient (Wildman–Crippen LogP) is -1.73. The molecule has 0 bridgehead atoms. The van der Waals surface area contributed by atoms with Gasteiger partial charge in [0.15, 0.2) is 0 Å². The first kappa shape index (κ1) is 39.0. The molecule has 1 aromatic carbocycles. The number of amides is 7. The van der Waals surface area contributed by atoms with Gasteiger partial charge in [-0.3, -0.25) is 24.0 Å². The van der Waals surface area contributed by atoms with Gasteiger partial charge in [0.1, 0.15) is 18.1 Å². The topological polar surface area (TPSA) is 273 Å². The normalized spacial score (nSPS) is 18.8. The van der Waals surface area contributed by atoms with E-state index in [-0.39, 0.29) is 45.4 Å². The molecule has 3 rings (SSSR count). The highest BCUT2D eigenvalue weighted by Gasteiger charge is 2.32. The number of carbonyl (C=O) groups is 6. The van der Waals surface area contributed by atoms with Gasteiger partial charge in [-0.25, -0.2) is 9.78 Å². The van der Waals surface area contributed by atoms with Crippen LogP contribution < -0.4 is 43.8 Å². The largest absolute Gasteiger partial charge is 0.400 e. The van der Waals surface area contributed by atoms with E-state index in [2.05, 4.69) is 36.6 Å². The van der Waals surface area contributed by atoms with E-state index >= 15 is 0 Å². The van der Waals surface area contributed by atoms with Crippen molar-refractivity contribution in [2.75, 3.05) is 26.2 Å². The van der Waals surface area contributed by atoms with Crippen LogP contribution in [0.25, 0.3) is 0 Å². The smallest absolute Gasteiger partial charge is 0.315 e. The highest BCUT2D eigenvalue weighted by Crippen LogP contribution is 2.13. The van der Waals surface area contributed by atoms with Gasteiger partial charge >= 0.3 is 6.03 Å². The van der Waals surface area contributed by atoms with Gasteiger partial charge in [0.05, 0.1) is 18.9 Å². The van der Waals surface area contributed by atoms with Crippen molar-refractivity contribution in [1.29, 1.82) is 0 Å². The summed E-state index contributed by atoms with van der Waals surface area (Å²) in [4.78, 5) is 85.0. The maximum absolute atomic E-state index is 13.8. The van der Waals surface area contributed by atoms with Crippen LogP contribution in [0, 0.1) is 5.92 Å². The molecule has 0 radical (unpaired) electrons. The molecule has 0 aliphatic carbocycles. The molecule has 7 amide bonds. The molecule has 17 nitrogen and oxygen atoms in total. The Morgan fingerprint density at radius 2 is 1.68 bits per heavy atom. The molecule has 5 unspecified atom stereocenters. The van der Waals surface area contributed by atoms with E-state index in [1.54, 1.807) is 0 Å². The van der Waals surface area contributed by atoms with Gasteiger partial charge in [0.25, 0.3) is 0 Å². The molecule has 1 saturated heterocycles. The summed E-state index contributed by atoms with van der Waals surface area (Å²) in [7, 11) is 0. The molecule has 2 aromatic rings. The minimum atomic E-state index is -1.15. The van der Waals surface area contributed by atoms with E-state index in [0.29, 0.717) is 17.8 Å². The summed E-state index contributed by atoms with van der Waals surface area (Å²) >= 11 is 0. The summed E-state index contributed by atoms with van der Waals surface area (Å²) in [6.07, 6.45) is 3.56. The Hall–Kier alpha value is -5.45. The number of H-pyrrole nitrogens is 1. The number of hydrogen-bond acceptors (Lipinski definition) is 9. The van der Waals surface area contributed by atoms with Gasteiger partial charge < -0.3 is 53.7 Å². The lowest BCUT2D eigenvalue weighted by molar-refractivity contribution is -0.131. The van der Waals surface area contributed by atoms with Crippen LogP contribution in [0.1, 0.15) is 44.9 Å². The van der Waals surface area contributed by atoms with Crippen molar-refractivity contribution in [2.45, 2.75) is 70.6 Å². The number of carbonyl (C=O) groups excluding carboxylic acids is 6. The standard InChI is InChI=1S/C33H49N11O6/c1-19(2)29(34)25(11-21-7-5-4-6-8-21)42-32(49)26(13-23-15-38-18-40-23)43-31(48)20(3)44(33(36)50)17-22-12-27(45)39-16-28(46)41-24(30(35)47)9-10-37-14-22/h4-8,15,18,20,22,24-26,37H,9-14,16-17,34H2,1-3H3,(H2,35,47)(H2,36,50)(H,38,40)(H,39,45)(H,41,46)(H,42,49)(H,43,48). The number of rotatable bonds is 13. The third-order valence-corrected chi connectivity index (χ3v) is 8.39. The second-order valence-electron chi connectivity index (χ2n) is 12.6. The first-order valence-corrected chi connectivity index (χ1v) is 16.4. The van der Waals surface area contributed by atoms with E-state index in [1.165, 1.54) is 19.4 Å². The number of benzene rings is 1. The molecule has 272 valence electrons. The van der Waals surface area contributed by atoms with Crippen LogP contribution in [-0.4, -0.2) is 101 Å². The van der Waals surface area contributed by atoms with Crippen molar-refractivity contribution in [3.05, 3.63) is 65.4 Å². The number of nitrogens with zero attached hydrogens (tertiary/aromatic N) is 2. The molecular formula is C33H49N11O6. The number of aromatic amines is 1. The number of aromatic nitrogens is 2. The van der Waals surface area contributed by atoms with Gasteiger partial charge in [-0.2, -0.15) is 0 Å². The summed E-state index contributed by atoms with van der Waals surface area (Å²) in [5, 5.41) is 13.8. The van der Waals surface area contributed by atoms with Crippen molar-refractivity contribution < 1.29 is 28.8 Å². The Balaban J connectivity index is 1.78. The van der Waals surface area contributed by atoms with Gasteiger partial charge in [0, 0.05) is 43.5 Å². The third kappa shape index (κ3) is 12.2. The second kappa shape index (κ2) is 18.9. The fourth-order valence-electron chi connectivity index (χ4n) is 5.48. The van der Waals surface area contributed by atoms with E-state index in [1.807, 2.05) is 44.2 Å². The molecule has 1 aromatic heterocycles. The zero-order chi connectivity index (χ0) is 36.8. The highest BCUT2D eigenvalue weighted by molar-refractivity contribution is 5.92. The van der Waals surface area contributed by atoms with Crippen molar-refractivity contribution in [1.82, 2.24) is 41.5 Å². The number of urea groups is 1. The summed E-state index contributed by atoms with van der Waals surface area (Å²) in [6.45, 7) is 5.17. The lowest BCUT2D eigenvalue weighted by atomic mass is 10.00. The number of primary amides is 2. The summed E-state index contributed by atoms with van der Waals surface area (Å²) in [5.41, 5.74) is 20.4. The first-order chi connectivity index (χ1) is 23.7. The van der Waals surface area contributed by atoms with Crippen LogP contribution >= 0.6 is 0 Å². The van der Waals surface area contributed by atoms with Crippen molar-refractivity contribution in [3.63, 3.8) is 0 Å². The van der Waals surface area contributed by atoms with Gasteiger partial charge in [0.2, 0.25) is 29.5 Å². The summed E-state index contributed by atoms with van der Waals surface area (Å²) < 4.78 is 0. The number of hydrogen-bond donors (Lipinski definition) is 9. The molecule has 1 aliphatic heterocycles. The van der Waals surface area contributed by atoms with Crippen LogP contribution in [0.4, 0.5) is 4.79 Å². The zero-order valence-electron chi connectivity index (χ0n) is 28.7. The Kier molecular flexibility index (Phi) is 14.8. The van der Waals surface area contributed by atoms with Crippen LogP contribution in [0.5, 0.6) is 0 Å². The predicted molar refractivity (Wildman–Crippen MR) is 184 cm³/mol. The number of imidazole rings is 1. The molecule has 2 heterocycles. The molecule has 17 heteroatoms. The number of allylic oxidation sites excluding steroid dienone is 1.